The van der Waals surface area contributed by atoms with E-state index in [9.17, 15) is 4.79 Å². The van der Waals surface area contributed by atoms with Gasteiger partial charge in [-0.25, -0.2) is 0 Å². The van der Waals surface area contributed by atoms with Crippen LogP contribution in [0.1, 0.15) is 30.9 Å². The van der Waals surface area contributed by atoms with Crippen molar-refractivity contribution in [3.63, 3.8) is 0 Å². The summed E-state index contributed by atoms with van der Waals surface area (Å²) < 4.78 is 5.15. The number of likely N-dealkylation sites (tertiary alicyclic amines) is 1. The van der Waals surface area contributed by atoms with E-state index in [4.69, 9.17) is 9.84 Å². The molecule has 0 aromatic heterocycles. The fourth-order valence-electron chi connectivity index (χ4n) is 2.54. The zero-order chi connectivity index (χ0) is 13.0. The van der Waals surface area contributed by atoms with E-state index in [1.807, 2.05) is 12.1 Å². The number of hydrogen-bond acceptors (Lipinski definition) is 3. The van der Waals surface area contributed by atoms with Crippen molar-refractivity contribution in [2.24, 2.45) is 0 Å². The molecule has 1 aliphatic rings. The molecule has 1 N–H and O–H groups in total. The minimum Gasteiger partial charge on any atom is -0.497 e. The van der Waals surface area contributed by atoms with Gasteiger partial charge >= 0.3 is 5.97 Å². The van der Waals surface area contributed by atoms with Crippen LogP contribution in [-0.4, -0.2) is 36.2 Å². The van der Waals surface area contributed by atoms with Gasteiger partial charge in [0.2, 0.25) is 0 Å². The summed E-state index contributed by atoms with van der Waals surface area (Å²) in [6, 6.07) is 8.42. The highest BCUT2D eigenvalue weighted by Gasteiger charge is 2.25. The Kier molecular flexibility index (Phi) is 4.20. The molecule has 0 aliphatic carbocycles. The van der Waals surface area contributed by atoms with Crippen molar-refractivity contribution in [2.45, 2.75) is 25.3 Å². The SMILES string of the molecule is COc1ccc([C@H]2CCCN2CCC(=O)O)cc1. The van der Waals surface area contributed by atoms with E-state index in [1.165, 1.54) is 5.56 Å². The number of methoxy groups -OCH3 is 1. The average molecular weight is 249 g/mol. The monoisotopic (exact) mass is 249 g/mol. The second-order valence-electron chi connectivity index (χ2n) is 4.61. The van der Waals surface area contributed by atoms with Crippen molar-refractivity contribution in [2.75, 3.05) is 20.2 Å². The molecule has 4 nitrogen and oxygen atoms in total. The lowest BCUT2D eigenvalue weighted by Gasteiger charge is -2.24. The zero-order valence-electron chi connectivity index (χ0n) is 10.6. The van der Waals surface area contributed by atoms with Crippen LogP contribution in [0.15, 0.2) is 24.3 Å². The first kappa shape index (κ1) is 12.9. The topological polar surface area (TPSA) is 49.8 Å². The molecular weight excluding hydrogens is 230 g/mol. The Balaban J connectivity index is 2.03. The van der Waals surface area contributed by atoms with Gasteiger partial charge in [0.25, 0.3) is 0 Å². The predicted octanol–water partition coefficient (Wildman–Crippen LogP) is 2.31. The molecule has 1 aromatic carbocycles. The summed E-state index contributed by atoms with van der Waals surface area (Å²) in [5.74, 6) is 0.129. The maximum absolute atomic E-state index is 10.6. The lowest BCUT2D eigenvalue weighted by molar-refractivity contribution is -0.137. The number of nitrogens with zero attached hydrogens (tertiary/aromatic N) is 1. The van der Waals surface area contributed by atoms with Gasteiger partial charge in [-0.1, -0.05) is 12.1 Å². The second kappa shape index (κ2) is 5.87. The molecule has 1 fully saturated rings. The van der Waals surface area contributed by atoms with Gasteiger partial charge in [-0.3, -0.25) is 9.69 Å². The van der Waals surface area contributed by atoms with E-state index in [2.05, 4.69) is 17.0 Å². The van der Waals surface area contributed by atoms with E-state index >= 15 is 0 Å². The summed E-state index contributed by atoms with van der Waals surface area (Å²) in [5, 5.41) is 8.76. The van der Waals surface area contributed by atoms with E-state index < -0.39 is 5.97 Å². The molecule has 1 atom stereocenters. The van der Waals surface area contributed by atoms with Gasteiger partial charge in [-0.05, 0) is 37.1 Å². The van der Waals surface area contributed by atoms with E-state index in [0.29, 0.717) is 12.6 Å². The maximum Gasteiger partial charge on any atom is 0.304 e. The molecule has 1 aromatic rings. The number of aliphatic carboxylic acids is 1. The first-order valence-corrected chi connectivity index (χ1v) is 6.30. The highest BCUT2D eigenvalue weighted by Crippen LogP contribution is 2.32. The first-order valence-electron chi connectivity index (χ1n) is 6.30. The summed E-state index contributed by atoms with van der Waals surface area (Å²) in [5.41, 5.74) is 1.25. The van der Waals surface area contributed by atoms with Crippen LogP contribution in [0.25, 0.3) is 0 Å². The molecule has 0 saturated carbocycles. The number of benzene rings is 1. The van der Waals surface area contributed by atoms with Crippen molar-refractivity contribution in [1.82, 2.24) is 4.90 Å². The first-order chi connectivity index (χ1) is 8.70. The number of carboxylic acid groups (broad SMARTS) is 1. The largest absolute Gasteiger partial charge is 0.497 e. The molecule has 1 heterocycles. The minimum atomic E-state index is -0.726. The fourth-order valence-corrected chi connectivity index (χ4v) is 2.54. The van der Waals surface area contributed by atoms with Crippen LogP contribution in [0.3, 0.4) is 0 Å². The van der Waals surface area contributed by atoms with Crippen LogP contribution >= 0.6 is 0 Å². The number of carboxylic acids is 1. The third-order valence-electron chi connectivity index (χ3n) is 3.48. The lowest BCUT2D eigenvalue weighted by atomic mass is 10.0. The zero-order valence-corrected chi connectivity index (χ0v) is 10.6. The summed E-state index contributed by atoms with van der Waals surface area (Å²) in [6.45, 7) is 1.62. The Labute approximate surface area is 107 Å². The van der Waals surface area contributed by atoms with Crippen molar-refractivity contribution in [1.29, 1.82) is 0 Å². The maximum atomic E-state index is 10.6. The Morgan fingerprint density at radius 3 is 2.78 bits per heavy atom. The normalized spacial score (nSPS) is 19.9. The van der Waals surface area contributed by atoms with Crippen LogP contribution in [-0.2, 0) is 4.79 Å². The average Bonchev–Trinajstić information content (AvgIpc) is 2.85. The van der Waals surface area contributed by atoms with Crippen LogP contribution in [0.2, 0.25) is 0 Å². The Bertz CT molecular complexity index is 402. The molecule has 0 amide bonds. The minimum absolute atomic E-state index is 0.215. The highest BCUT2D eigenvalue weighted by atomic mass is 16.5. The van der Waals surface area contributed by atoms with Crippen LogP contribution in [0.4, 0.5) is 0 Å². The Morgan fingerprint density at radius 1 is 1.44 bits per heavy atom. The molecule has 0 unspecified atom stereocenters. The summed E-state index contributed by atoms with van der Waals surface area (Å²) >= 11 is 0. The van der Waals surface area contributed by atoms with Crippen molar-refractivity contribution >= 4 is 5.97 Å². The fraction of sp³-hybridized carbons (Fsp3) is 0.500. The smallest absolute Gasteiger partial charge is 0.304 e. The number of carbonyl (C=O) groups is 1. The third-order valence-corrected chi connectivity index (χ3v) is 3.48. The molecule has 1 aliphatic heterocycles. The van der Waals surface area contributed by atoms with Crippen molar-refractivity contribution in [3.8, 4) is 5.75 Å². The van der Waals surface area contributed by atoms with Gasteiger partial charge in [-0.2, -0.15) is 0 Å². The summed E-state index contributed by atoms with van der Waals surface area (Å²) in [7, 11) is 1.66. The molecule has 98 valence electrons. The summed E-state index contributed by atoms with van der Waals surface area (Å²) in [4.78, 5) is 12.9. The molecule has 2 rings (SSSR count). The molecule has 0 spiro atoms. The number of hydrogen-bond donors (Lipinski definition) is 1. The molecule has 0 bridgehead atoms. The molecular formula is C14H19NO3. The summed E-state index contributed by atoms with van der Waals surface area (Å²) in [6.07, 6.45) is 2.45. The number of ether oxygens (including phenoxy) is 1. The Morgan fingerprint density at radius 2 is 2.17 bits per heavy atom. The van der Waals surface area contributed by atoms with Gasteiger partial charge in [0.05, 0.1) is 13.5 Å². The van der Waals surface area contributed by atoms with Crippen LogP contribution in [0.5, 0.6) is 5.75 Å². The van der Waals surface area contributed by atoms with Gasteiger partial charge in [0.15, 0.2) is 0 Å². The van der Waals surface area contributed by atoms with Crippen molar-refractivity contribution in [3.05, 3.63) is 29.8 Å². The molecule has 1 saturated heterocycles. The van der Waals surface area contributed by atoms with Gasteiger partial charge in [-0.15, -0.1) is 0 Å². The quantitative estimate of drug-likeness (QED) is 0.870. The molecule has 4 heteroatoms. The second-order valence-corrected chi connectivity index (χ2v) is 4.61. The van der Waals surface area contributed by atoms with E-state index in [1.54, 1.807) is 7.11 Å². The van der Waals surface area contributed by atoms with E-state index in [0.717, 1.165) is 25.1 Å². The van der Waals surface area contributed by atoms with Crippen LogP contribution < -0.4 is 4.74 Å². The highest BCUT2D eigenvalue weighted by molar-refractivity contribution is 5.66. The van der Waals surface area contributed by atoms with Crippen molar-refractivity contribution < 1.29 is 14.6 Å². The van der Waals surface area contributed by atoms with Gasteiger partial charge < -0.3 is 9.84 Å². The third kappa shape index (κ3) is 3.01. The molecule has 0 radical (unpaired) electrons. The Hall–Kier alpha value is -1.55. The van der Waals surface area contributed by atoms with Gasteiger partial charge in [0.1, 0.15) is 5.75 Å². The van der Waals surface area contributed by atoms with Gasteiger partial charge in [0, 0.05) is 12.6 Å². The number of rotatable bonds is 5. The lowest BCUT2D eigenvalue weighted by Crippen LogP contribution is -2.26. The van der Waals surface area contributed by atoms with Crippen LogP contribution in [0, 0.1) is 0 Å². The standard InChI is InChI=1S/C14H19NO3/c1-18-12-6-4-11(5-7-12)13-3-2-9-15(13)10-8-14(16)17/h4-7,13H,2-3,8-10H2,1H3,(H,16,17)/t13-/m1/s1. The molecule has 18 heavy (non-hydrogen) atoms. The predicted molar refractivity (Wildman–Crippen MR) is 68.8 cm³/mol. The van der Waals surface area contributed by atoms with E-state index in [-0.39, 0.29) is 6.42 Å².